The van der Waals surface area contributed by atoms with Crippen molar-refractivity contribution in [3.05, 3.63) is 29.8 Å². The fourth-order valence-electron chi connectivity index (χ4n) is 2.72. The van der Waals surface area contributed by atoms with Gasteiger partial charge in [0.2, 0.25) is 0 Å². The van der Waals surface area contributed by atoms with Gasteiger partial charge < -0.3 is 10.2 Å². The summed E-state index contributed by atoms with van der Waals surface area (Å²) in [6, 6.07) is 8.56. The lowest BCUT2D eigenvalue weighted by atomic mass is 9.95. The lowest BCUT2D eigenvalue weighted by molar-refractivity contribution is 0.138. The summed E-state index contributed by atoms with van der Waals surface area (Å²) in [5, 5.41) is 2.97. The standard InChI is InChI=1S/C15H22F2N2/c1-11-3-5-14(6-4-11)19-9-12(2)7-13(10-19)18-8-15(16)17/h3-6,12-13,15,18H,7-10H2,1-2H3. The molecule has 0 radical (unpaired) electrons. The Labute approximate surface area is 113 Å². The first kappa shape index (κ1) is 14.3. The number of rotatable bonds is 4. The van der Waals surface area contributed by atoms with Gasteiger partial charge in [-0.1, -0.05) is 24.6 Å². The van der Waals surface area contributed by atoms with Gasteiger partial charge >= 0.3 is 0 Å². The second-order valence-electron chi connectivity index (χ2n) is 5.58. The first-order valence-electron chi connectivity index (χ1n) is 6.87. The molecule has 0 spiro atoms. The van der Waals surface area contributed by atoms with Crippen LogP contribution in [-0.4, -0.2) is 32.1 Å². The van der Waals surface area contributed by atoms with E-state index in [1.165, 1.54) is 11.3 Å². The number of hydrogen-bond donors (Lipinski definition) is 1. The number of aryl methyl sites for hydroxylation is 1. The highest BCUT2D eigenvalue weighted by atomic mass is 19.3. The highest BCUT2D eigenvalue weighted by molar-refractivity contribution is 5.48. The molecule has 1 aromatic rings. The van der Waals surface area contributed by atoms with Gasteiger partial charge in [0.25, 0.3) is 6.43 Å². The minimum absolute atomic E-state index is 0.152. The molecule has 2 nitrogen and oxygen atoms in total. The van der Waals surface area contributed by atoms with Crippen molar-refractivity contribution in [1.82, 2.24) is 5.32 Å². The van der Waals surface area contributed by atoms with E-state index in [4.69, 9.17) is 0 Å². The van der Waals surface area contributed by atoms with Crippen molar-refractivity contribution in [1.29, 1.82) is 0 Å². The van der Waals surface area contributed by atoms with Crippen molar-refractivity contribution in [2.75, 3.05) is 24.5 Å². The zero-order valence-electron chi connectivity index (χ0n) is 11.6. The van der Waals surface area contributed by atoms with E-state index in [9.17, 15) is 8.78 Å². The largest absolute Gasteiger partial charge is 0.370 e. The van der Waals surface area contributed by atoms with Gasteiger partial charge in [0.1, 0.15) is 0 Å². The van der Waals surface area contributed by atoms with Gasteiger partial charge in [-0.2, -0.15) is 0 Å². The number of nitrogens with zero attached hydrogens (tertiary/aromatic N) is 1. The third-order valence-corrected chi connectivity index (χ3v) is 3.62. The number of halogens is 2. The molecule has 0 amide bonds. The molecule has 2 atom stereocenters. The van der Waals surface area contributed by atoms with Crippen LogP contribution in [-0.2, 0) is 0 Å². The number of alkyl halides is 2. The van der Waals surface area contributed by atoms with Crippen LogP contribution in [0.5, 0.6) is 0 Å². The molecule has 4 heteroatoms. The van der Waals surface area contributed by atoms with Crippen molar-refractivity contribution in [3.8, 4) is 0 Å². The molecule has 1 aliphatic heterocycles. The number of hydrogen-bond acceptors (Lipinski definition) is 2. The summed E-state index contributed by atoms with van der Waals surface area (Å²) in [4.78, 5) is 2.29. The molecular weight excluding hydrogens is 246 g/mol. The number of benzene rings is 1. The predicted octanol–water partition coefficient (Wildman–Crippen LogP) is 3.06. The molecule has 2 unspecified atom stereocenters. The Morgan fingerprint density at radius 1 is 1.26 bits per heavy atom. The average molecular weight is 268 g/mol. The van der Waals surface area contributed by atoms with Crippen molar-refractivity contribution < 1.29 is 8.78 Å². The van der Waals surface area contributed by atoms with E-state index >= 15 is 0 Å². The van der Waals surface area contributed by atoms with Crippen LogP contribution >= 0.6 is 0 Å². The van der Waals surface area contributed by atoms with E-state index in [2.05, 4.69) is 48.3 Å². The molecule has 0 aliphatic carbocycles. The van der Waals surface area contributed by atoms with Crippen molar-refractivity contribution >= 4 is 5.69 Å². The van der Waals surface area contributed by atoms with E-state index in [1.807, 2.05) is 0 Å². The van der Waals surface area contributed by atoms with E-state index < -0.39 is 6.43 Å². The Kier molecular flexibility index (Phi) is 4.75. The smallest absolute Gasteiger partial charge is 0.250 e. The maximum Gasteiger partial charge on any atom is 0.250 e. The Morgan fingerprint density at radius 3 is 2.58 bits per heavy atom. The van der Waals surface area contributed by atoms with Crippen LogP contribution in [0.2, 0.25) is 0 Å². The quantitative estimate of drug-likeness (QED) is 0.903. The SMILES string of the molecule is Cc1ccc(N2CC(C)CC(NCC(F)F)C2)cc1. The Bertz CT molecular complexity index is 392. The molecule has 0 aromatic heterocycles. The molecule has 0 bridgehead atoms. The lowest BCUT2D eigenvalue weighted by Gasteiger charge is -2.38. The Hall–Kier alpha value is -1.16. The second kappa shape index (κ2) is 6.33. The molecule has 106 valence electrons. The lowest BCUT2D eigenvalue weighted by Crippen LogP contribution is -2.49. The van der Waals surface area contributed by atoms with E-state index in [0.717, 1.165) is 19.5 Å². The van der Waals surface area contributed by atoms with Gasteiger partial charge in [-0.05, 0) is 31.4 Å². The summed E-state index contributed by atoms with van der Waals surface area (Å²) in [7, 11) is 0. The number of piperidine rings is 1. The van der Waals surface area contributed by atoms with Crippen molar-refractivity contribution in [2.45, 2.75) is 32.7 Å². The molecule has 2 rings (SSSR count). The molecule has 1 N–H and O–H groups in total. The number of anilines is 1. The molecule has 1 aliphatic rings. The summed E-state index contributed by atoms with van der Waals surface area (Å²) in [6.07, 6.45) is -1.31. The van der Waals surface area contributed by atoms with Crippen LogP contribution < -0.4 is 10.2 Å². The highest BCUT2D eigenvalue weighted by Crippen LogP contribution is 2.23. The number of nitrogens with one attached hydrogen (secondary N) is 1. The van der Waals surface area contributed by atoms with Crippen LogP contribution in [0.25, 0.3) is 0 Å². The first-order valence-corrected chi connectivity index (χ1v) is 6.87. The van der Waals surface area contributed by atoms with Gasteiger partial charge in [0, 0.05) is 24.8 Å². The molecule has 1 heterocycles. The maximum absolute atomic E-state index is 12.3. The first-order chi connectivity index (χ1) is 9.04. The summed E-state index contributed by atoms with van der Waals surface area (Å²) < 4.78 is 24.6. The molecule has 1 aromatic carbocycles. The Morgan fingerprint density at radius 2 is 1.95 bits per heavy atom. The van der Waals surface area contributed by atoms with Gasteiger partial charge in [0.05, 0.1) is 6.54 Å². The van der Waals surface area contributed by atoms with Gasteiger partial charge in [-0.3, -0.25) is 0 Å². The van der Waals surface area contributed by atoms with Gasteiger partial charge in [-0.25, -0.2) is 8.78 Å². The van der Waals surface area contributed by atoms with E-state index in [1.54, 1.807) is 0 Å². The molecule has 1 saturated heterocycles. The normalized spacial score (nSPS) is 23.9. The fraction of sp³-hybridized carbons (Fsp3) is 0.600. The summed E-state index contributed by atoms with van der Waals surface area (Å²) in [6.45, 7) is 5.84. The topological polar surface area (TPSA) is 15.3 Å². The third kappa shape index (κ3) is 4.16. The van der Waals surface area contributed by atoms with Crippen LogP contribution in [0, 0.1) is 12.8 Å². The minimum atomic E-state index is -2.27. The zero-order valence-corrected chi connectivity index (χ0v) is 11.6. The molecule has 0 saturated carbocycles. The monoisotopic (exact) mass is 268 g/mol. The maximum atomic E-state index is 12.3. The third-order valence-electron chi connectivity index (χ3n) is 3.62. The Balaban J connectivity index is 1.99. The van der Waals surface area contributed by atoms with E-state index in [0.29, 0.717) is 5.92 Å². The second-order valence-corrected chi connectivity index (χ2v) is 5.58. The van der Waals surface area contributed by atoms with Gasteiger partial charge in [0.15, 0.2) is 0 Å². The highest BCUT2D eigenvalue weighted by Gasteiger charge is 2.25. The zero-order chi connectivity index (χ0) is 13.8. The van der Waals surface area contributed by atoms with Crippen LogP contribution in [0.4, 0.5) is 14.5 Å². The fourth-order valence-corrected chi connectivity index (χ4v) is 2.72. The summed E-state index contributed by atoms with van der Waals surface area (Å²) >= 11 is 0. The van der Waals surface area contributed by atoms with Crippen LogP contribution in [0.1, 0.15) is 18.9 Å². The van der Waals surface area contributed by atoms with Crippen LogP contribution in [0.3, 0.4) is 0 Å². The molecule has 1 fully saturated rings. The van der Waals surface area contributed by atoms with E-state index in [-0.39, 0.29) is 12.6 Å². The van der Waals surface area contributed by atoms with Crippen molar-refractivity contribution in [3.63, 3.8) is 0 Å². The molecule has 19 heavy (non-hydrogen) atoms. The van der Waals surface area contributed by atoms with Crippen LogP contribution in [0.15, 0.2) is 24.3 Å². The molecular formula is C15H22F2N2. The minimum Gasteiger partial charge on any atom is -0.370 e. The van der Waals surface area contributed by atoms with Crippen molar-refractivity contribution in [2.24, 2.45) is 5.92 Å². The predicted molar refractivity (Wildman–Crippen MR) is 75.0 cm³/mol. The average Bonchev–Trinajstić information content (AvgIpc) is 2.36. The summed E-state index contributed by atoms with van der Waals surface area (Å²) in [5.41, 5.74) is 2.42. The summed E-state index contributed by atoms with van der Waals surface area (Å²) in [5.74, 6) is 0.519. The van der Waals surface area contributed by atoms with Gasteiger partial charge in [-0.15, -0.1) is 0 Å².